The van der Waals surface area contributed by atoms with E-state index in [1.807, 2.05) is 10.9 Å². The average molecular weight is 209 g/mol. The minimum atomic E-state index is 0.282. The summed E-state index contributed by atoms with van der Waals surface area (Å²) in [4.78, 5) is 10.7. The molecule has 0 radical (unpaired) electrons. The van der Waals surface area contributed by atoms with E-state index < -0.39 is 0 Å². The van der Waals surface area contributed by atoms with Gasteiger partial charge in [0.1, 0.15) is 5.78 Å². The number of ketones is 1. The van der Waals surface area contributed by atoms with E-state index in [1.54, 1.807) is 6.92 Å². The molecule has 0 amide bonds. The summed E-state index contributed by atoms with van der Waals surface area (Å²) in [6.45, 7) is 4.62. The predicted octanol–water partition coefficient (Wildman–Crippen LogP) is 1.99. The van der Waals surface area contributed by atoms with E-state index in [1.165, 1.54) is 0 Å². The maximum absolute atomic E-state index is 10.7. The summed E-state index contributed by atoms with van der Waals surface area (Å²) in [5, 5.41) is 8.04. The molecule has 0 aliphatic rings. The van der Waals surface area contributed by atoms with Gasteiger partial charge in [0.05, 0.1) is 5.69 Å². The molecule has 0 saturated heterocycles. The molecule has 1 aromatic rings. The monoisotopic (exact) mass is 209 g/mol. The first kappa shape index (κ1) is 11.9. The van der Waals surface area contributed by atoms with Crippen molar-refractivity contribution in [3.05, 3.63) is 11.9 Å². The van der Waals surface area contributed by atoms with Crippen LogP contribution < -0.4 is 0 Å². The normalized spacial score (nSPS) is 10.5. The van der Waals surface area contributed by atoms with E-state index in [-0.39, 0.29) is 5.78 Å². The van der Waals surface area contributed by atoms with Crippen molar-refractivity contribution in [3.8, 4) is 0 Å². The van der Waals surface area contributed by atoms with Crippen molar-refractivity contribution < 1.29 is 4.79 Å². The number of aryl methyl sites for hydroxylation is 2. The number of carbonyl (C=O) groups is 1. The van der Waals surface area contributed by atoms with Crippen LogP contribution in [-0.4, -0.2) is 20.8 Å². The van der Waals surface area contributed by atoms with Crippen molar-refractivity contribution in [1.29, 1.82) is 0 Å². The lowest BCUT2D eigenvalue weighted by Crippen LogP contribution is -1.99. The Morgan fingerprint density at radius 2 is 2.20 bits per heavy atom. The molecule has 0 atom stereocenters. The fourth-order valence-electron chi connectivity index (χ4n) is 1.43. The van der Waals surface area contributed by atoms with Crippen molar-refractivity contribution in [2.75, 3.05) is 0 Å². The lowest BCUT2D eigenvalue weighted by atomic mass is 10.1. The molecule has 1 heterocycles. The number of unbranched alkanes of at least 4 members (excludes halogenated alkanes) is 2. The molecular weight excluding hydrogens is 190 g/mol. The highest BCUT2D eigenvalue weighted by molar-refractivity contribution is 5.75. The summed E-state index contributed by atoms with van der Waals surface area (Å²) in [5.74, 6) is 0.282. The number of carbonyl (C=O) groups excluding carboxylic acids is 1. The van der Waals surface area contributed by atoms with Crippen LogP contribution in [0.15, 0.2) is 6.20 Å². The van der Waals surface area contributed by atoms with Crippen LogP contribution in [-0.2, 0) is 17.8 Å². The van der Waals surface area contributed by atoms with Crippen LogP contribution in [0.1, 0.15) is 45.2 Å². The number of Topliss-reactive ketones (excluding diaryl/α,β-unsaturated/α-hetero) is 1. The van der Waals surface area contributed by atoms with Crippen molar-refractivity contribution in [3.63, 3.8) is 0 Å². The molecule has 0 unspecified atom stereocenters. The van der Waals surface area contributed by atoms with Gasteiger partial charge < -0.3 is 4.79 Å². The SMILES string of the molecule is CCc1cn(CCCCCC(C)=O)nn1. The first-order chi connectivity index (χ1) is 7.22. The highest BCUT2D eigenvalue weighted by atomic mass is 16.1. The van der Waals surface area contributed by atoms with E-state index >= 15 is 0 Å². The number of hydrogen-bond acceptors (Lipinski definition) is 3. The largest absolute Gasteiger partial charge is 0.300 e. The van der Waals surface area contributed by atoms with E-state index in [0.717, 1.165) is 37.9 Å². The van der Waals surface area contributed by atoms with E-state index in [9.17, 15) is 4.79 Å². The van der Waals surface area contributed by atoms with E-state index in [4.69, 9.17) is 0 Å². The molecule has 0 spiro atoms. The molecule has 0 fully saturated rings. The van der Waals surface area contributed by atoms with Crippen molar-refractivity contribution in [2.24, 2.45) is 0 Å². The molecule has 0 bridgehead atoms. The Balaban J connectivity index is 2.12. The predicted molar refractivity (Wildman–Crippen MR) is 58.5 cm³/mol. The van der Waals surface area contributed by atoms with Gasteiger partial charge in [0.2, 0.25) is 0 Å². The zero-order valence-corrected chi connectivity index (χ0v) is 9.57. The summed E-state index contributed by atoms with van der Waals surface area (Å²) >= 11 is 0. The topological polar surface area (TPSA) is 47.8 Å². The minimum Gasteiger partial charge on any atom is -0.300 e. The Bertz CT molecular complexity index is 307. The van der Waals surface area contributed by atoms with Gasteiger partial charge in [0, 0.05) is 19.2 Å². The summed E-state index contributed by atoms with van der Waals surface area (Å²) in [5.41, 5.74) is 1.04. The molecule has 4 heteroatoms. The average Bonchev–Trinajstić information content (AvgIpc) is 2.65. The maximum atomic E-state index is 10.7. The second kappa shape index (κ2) is 6.32. The zero-order valence-electron chi connectivity index (χ0n) is 9.57. The Kier molecular flexibility index (Phi) is 5.01. The Morgan fingerprint density at radius 1 is 1.40 bits per heavy atom. The third kappa shape index (κ3) is 4.72. The summed E-state index contributed by atoms with van der Waals surface area (Å²) in [6, 6.07) is 0. The fraction of sp³-hybridized carbons (Fsp3) is 0.727. The molecule has 0 aromatic carbocycles. The van der Waals surface area contributed by atoms with Crippen molar-refractivity contribution in [2.45, 2.75) is 52.5 Å². The minimum absolute atomic E-state index is 0.282. The Labute approximate surface area is 90.7 Å². The lowest BCUT2D eigenvalue weighted by Gasteiger charge is -1.99. The lowest BCUT2D eigenvalue weighted by molar-refractivity contribution is -0.117. The van der Waals surface area contributed by atoms with Gasteiger partial charge in [0.25, 0.3) is 0 Å². The van der Waals surface area contributed by atoms with Gasteiger partial charge in [-0.2, -0.15) is 0 Å². The molecule has 0 N–H and O–H groups in total. The summed E-state index contributed by atoms with van der Waals surface area (Å²) < 4.78 is 1.88. The first-order valence-corrected chi connectivity index (χ1v) is 5.61. The summed E-state index contributed by atoms with van der Waals surface area (Å²) in [7, 11) is 0. The smallest absolute Gasteiger partial charge is 0.129 e. The van der Waals surface area contributed by atoms with Crippen molar-refractivity contribution >= 4 is 5.78 Å². The van der Waals surface area contributed by atoms with Crippen LogP contribution in [0, 0.1) is 0 Å². The molecule has 84 valence electrons. The highest BCUT2D eigenvalue weighted by Gasteiger charge is 1.98. The standard InChI is InChI=1S/C11H19N3O/c1-3-11-9-14(13-12-11)8-6-4-5-7-10(2)15/h9H,3-8H2,1-2H3. The fourth-order valence-corrected chi connectivity index (χ4v) is 1.43. The number of aromatic nitrogens is 3. The molecule has 1 aromatic heterocycles. The van der Waals surface area contributed by atoms with Crippen LogP contribution in [0.4, 0.5) is 0 Å². The van der Waals surface area contributed by atoms with Gasteiger partial charge in [-0.1, -0.05) is 18.6 Å². The highest BCUT2D eigenvalue weighted by Crippen LogP contribution is 2.03. The molecule has 15 heavy (non-hydrogen) atoms. The van der Waals surface area contributed by atoms with Crippen LogP contribution in [0.2, 0.25) is 0 Å². The van der Waals surface area contributed by atoms with E-state index in [2.05, 4.69) is 17.2 Å². The first-order valence-electron chi connectivity index (χ1n) is 5.61. The van der Waals surface area contributed by atoms with Gasteiger partial charge in [-0.05, 0) is 26.2 Å². The Morgan fingerprint density at radius 3 is 2.80 bits per heavy atom. The second-order valence-electron chi connectivity index (χ2n) is 3.84. The van der Waals surface area contributed by atoms with Crippen LogP contribution >= 0.6 is 0 Å². The van der Waals surface area contributed by atoms with Crippen molar-refractivity contribution in [1.82, 2.24) is 15.0 Å². The number of rotatable bonds is 7. The second-order valence-corrected chi connectivity index (χ2v) is 3.84. The number of nitrogens with zero attached hydrogens (tertiary/aromatic N) is 3. The molecule has 0 saturated carbocycles. The van der Waals surface area contributed by atoms with E-state index in [0.29, 0.717) is 6.42 Å². The quantitative estimate of drug-likeness (QED) is 0.645. The van der Waals surface area contributed by atoms with Gasteiger partial charge in [-0.25, -0.2) is 0 Å². The van der Waals surface area contributed by atoms with Crippen LogP contribution in [0.5, 0.6) is 0 Å². The van der Waals surface area contributed by atoms with Crippen LogP contribution in [0.3, 0.4) is 0 Å². The third-order valence-electron chi connectivity index (χ3n) is 2.36. The van der Waals surface area contributed by atoms with Gasteiger partial charge in [0.15, 0.2) is 0 Å². The van der Waals surface area contributed by atoms with Gasteiger partial charge in [-0.3, -0.25) is 4.68 Å². The molecule has 0 aliphatic carbocycles. The van der Waals surface area contributed by atoms with Gasteiger partial charge in [-0.15, -0.1) is 5.10 Å². The van der Waals surface area contributed by atoms with Crippen LogP contribution in [0.25, 0.3) is 0 Å². The molecule has 0 aliphatic heterocycles. The molecule has 1 rings (SSSR count). The number of hydrogen-bond donors (Lipinski definition) is 0. The molecule has 4 nitrogen and oxygen atoms in total. The summed E-state index contributed by atoms with van der Waals surface area (Å²) in [6.07, 6.45) is 6.78. The maximum Gasteiger partial charge on any atom is 0.129 e. The Hall–Kier alpha value is -1.19. The third-order valence-corrected chi connectivity index (χ3v) is 2.36. The zero-order chi connectivity index (χ0) is 11.1. The van der Waals surface area contributed by atoms with Gasteiger partial charge >= 0.3 is 0 Å². The molecular formula is C11H19N3O.